The second-order valence-corrected chi connectivity index (χ2v) is 12.0. The van der Waals surface area contributed by atoms with Crippen molar-refractivity contribution in [2.75, 3.05) is 39.3 Å². The molecular formula is C30H37F6N3O3. The van der Waals surface area contributed by atoms with E-state index in [1.807, 2.05) is 37.8 Å². The second kappa shape index (κ2) is 12.0. The number of alkyl halides is 6. The van der Waals surface area contributed by atoms with Crippen molar-refractivity contribution in [1.29, 1.82) is 0 Å². The van der Waals surface area contributed by atoms with Gasteiger partial charge in [-0.15, -0.1) is 0 Å². The molecule has 1 amide bonds. The minimum Gasteiger partial charge on any atom is -0.444 e. The molecule has 2 saturated heterocycles. The first-order valence-corrected chi connectivity index (χ1v) is 14.0. The van der Waals surface area contributed by atoms with Gasteiger partial charge in [-0.05, 0) is 50.3 Å². The summed E-state index contributed by atoms with van der Waals surface area (Å²) in [7, 11) is 0. The molecule has 2 heterocycles. The topological polar surface area (TPSA) is 56.2 Å². The molecule has 12 heteroatoms. The number of hydrogen-bond donors (Lipinski definition) is 1. The van der Waals surface area contributed by atoms with Crippen molar-refractivity contribution < 1.29 is 41.0 Å². The number of rotatable bonds is 6. The zero-order valence-electron chi connectivity index (χ0n) is 23.9. The van der Waals surface area contributed by atoms with Gasteiger partial charge in [0.1, 0.15) is 5.60 Å². The Labute approximate surface area is 241 Å². The SMILES string of the molecule is CC(C)(C)OC(=O)N1CCCC1CN1CCN(Cc2ccc(-c3ccc(C(O)(C(F)(F)F)C(F)(F)F)cc3)cc2)CC1. The number of halogens is 6. The zero-order chi connectivity index (χ0) is 30.9. The summed E-state index contributed by atoms with van der Waals surface area (Å²) in [6.07, 6.45) is -10.2. The van der Waals surface area contributed by atoms with Crippen LogP contribution in [0.25, 0.3) is 11.1 Å². The first kappa shape index (κ1) is 32.1. The van der Waals surface area contributed by atoms with Gasteiger partial charge in [0.05, 0.1) is 0 Å². The molecule has 0 saturated carbocycles. The molecule has 2 aromatic carbocycles. The van der Waals surface area contributed by atoms with Crippen LogP contribution in [0.1, 0.15) is 44.7 Å². The lowest BCUT2D eigenvalue weighted by Gasteiger charge is -2.37. The standard InChI is InChI=1S/C30H37F6N3O3/c1-27(2,3)42-26(40)39-14-4-5-25(39)20-38-17-15-37(16-18-38)19-21-6-8-22(9-7-21)23-10-12-24(13-11-23)28(41,29(31,32)33)30(34,35)36/h6-13,25,41H,4-5,14-20H2,1-3H3. The number of piperazine rings is 1. The number of nitrogens with zero attached hydrogens (tertiary/aromatic N) is 3. The molecule has 4 rings (SSSR count). The van der Waals surface area contributed by atoms with E-state index in [4.69, 9.17) is 4.74 Å². The Morgan fingerprint density at radius 3 is 1.81 bits per heavy atom. The van der Waals surface area contributed by atoms with Crippen LogP contribution in [0.4, 0.5) is 31.1 Å². The predicted molar refractivity (Wildman–Crippen MR) is 146 cm³/mol. The van der Waals surface area contributed by atoms with Gasteiger partial charge in [-0.1, -0.05) is 48.5 Å². The monoisotopic (exact) mass is 601 g/mol. The Bertz CT molecular complexity index is 1190. The highest BCUT2D eigenvalue weighted by Gasteiger charge is 2.71. The molecule has 2 aliphatic heterocycles. The van der Waals surface area contributed by atoms with Crippen LogP contribution < -0.4 is 0 Å². The third-order valence-electron chi connectivity index (χ3n) is 7.76. The van der Waals surface area contributed by atoms with Gasteiger partial charge in [-0.25, -0.2) is 4.79 Å². The average molecular weight is 602 g/mol. The maximum Gasteiger partial charge on any atom is 0.430 e. The number of carbonyl (C=O) groups excluding carboxylic acids is 1. The van der Waals surface area contributed by atoms with Crippen LogP contribution in [0.2, 0.25) is 0 Å². The van der Waals surface area contributed by atoms with Crippen LogP contribution in [0.3, 0.4) is 0 Å². The van der Waals surface area contributed by atoms with Gasteiger partial charge in [0.15, 0.2) is 0 Å². The van der Waals surface area contributed by atoms with Crippen LogP contribution in [0, 0.1) is 0 Å². The summed E-state index contributed by atoms with van der Waals surface area (Å²) in [5.74, 6) is 0. The van der Waals surface area contributed by atoms with Crippen LogP contribution in [-0.4, -0.2) is 89.2 Å². The second-order valence-electron chi connectivity index (χ2n) is 12.0. The molecule has 0 spiro atoms. The Morgan fingerprint density at radius 2 is 1.31 bits per heavy atom. The highest BCUT2D eigenvalue weighted by Crippen LogP contribution is 2.50. The highest BCUT2D eigenvalue weighted by atomic mass is 19.4. The molecule has 0 aliphatic carbocycles. The van der Waals surface area contributed by atoms with E-state index in [9.17, 15) is 36.2 Å². The number of hydrogen-bond acceptors (Lipinski definition) is 5. The van der Waals surface area contributed by atoms with E-state index in [1.165, 1.54) is 0 Å². The third-order valence-corrected chi connectivity index (χ3v) is 7.76. The Balaban J connectivity index is 1.30. The molecular weight excluding hydrogens is 564 g/mol. The van der Waals surface area contributed by atoms with E-state index in [1.54, 1.807) is 12.1 Å². The summed E-state index contributed by atoms with van der Waals surface area (Å²) in [5.41, 5.74) is -4.67. The van der Waals surface area contributed by atoms with E-state index >= 15 is 0 Å². The molecule has 0 aromatic heterocycles. The molecule has 1 unspecified atom stereocenters. The molecule has 0 radical (unpaired) electrons. The number of aliphatic hydroxyl groups is 1. The molecule has 0 bridgehead atoms. The Kier molecular flexibility index (Phi) is 9.20. The summed E-state index contributed by atoms with van der Waals surface area (Å²) in [6.45, 7) is 11.2. The van der Waals surface area contributed by atoms with Crippen molar-refractivity contribution >= 4 is 6.09 Å². The van der Waals surface area contributed by atoms with Crippen molar-refractivity contribution in [2.24, 2.45) is 0 Å². The van der Waals surface area contributed by atoms with Crippen molar-refractivity contribution in [3.05, 3.63) is 59.7 Å². The van der Waals surface area contributed by atoms with Crippen molar-refractivity contribution in [2.45, 2.75) is 69.8 Å². The van der Waals surface area contributed by atoms with Gasteiger partial charge >= 0.3 is 18.4 Å². The third kappa shape index (κ3) is 7.20. The number of ether oxygens (including phenoxy) is 1. The van der Waals surface area contributed by atoms with Gasteiger partial charge in [0.2, 0.25) is 0 Å². The minimum absolute atomic E-state index is 0.142. The first-order chi connectivity index (χ1) is 19.5. The quantitative estimate of drug-likeness (QED) is 0.401. The fourth-order valence-corrected chi connectivity index (χ4v) is 5.47. The van der Waals surface area contributed by atoms with Crippen LogP contribution in [-0.2, 0) is 16.9 Å². The summed E-state index contributed by atoms with van der Waals surface area (Å²) in [5, 5.41) is 9.59. The molecule has 1 atom stereocenters. The van der Waals surface area contributed by atoms with E-state index in [-0.39, 0.29) is 12.1 Å². The van der Waals surface area contributed by atoms with Crippen LogP contribution >= 0.6 is 0 Å². The predicted octanol–water partition coefficient (Wildman–Crippen LogP) is 6.18. The summed E-state index contributed by atoms with van der Waals surface area (Å²) in [6, 6.07) is 11.0. The zero-order valence-corrected chi connectivity index (χ0v) is 23.9. The lowest BCUT2D eigenvalue weighted by molar-refractivity contribution is -0.376. The van der Waals surface area contributed by atoms with Gasteiger partial charge in [0, 0.05) is 57.4 Å². The average Bonchev–Trinajstić information content (AvgIpc) is 3.36. The minimum atomic E-state index is -5.92. The van der Waals surface area contributed by atoms with Gasteiger partial charge in [-0.3, -0.25) is 9.80 Å². The van der Waals surface area contributed by atoms with Gasteiger partial charge < -0.3 is 14.7 Å². The molecule has 232 valence electrons. The maximum absolute atomic E-state index is 13.2. The van der Waals surface area contributed by atoms with Crippen molar-refractivity contribution in [3.63, 3.8) is 0 Å². The Hall–Kier alpha value is -2.83. The number of carbonyl (C=O) groups is 1. The molecule has 2 aliphatic rings. The smallest absolute Gasteiger partial charge is 0.430 e. The number of benzene rings is 2. The largest absolute Gasteiger partial charge is 0.444 e. The van der Waals surface area contributed by atoms with E-state index in [0.29, 0.717) is 36.3 Å². The van der Waals surface area contributed by atoms with E-state index < -0.39 is 29.1 Å². The van der Waals surface area contributed by atoms with Crippen LogP contribution in [0.5, 0.6) is 0 Å². The molecule has 1 N–H and O–H groups in total. The Morgan fingerprint density at radius 1 is 0.810 bits per heavy atom. The van der Waals surface area contributed by atoms with Crippen molar-refractivity contribution in [1.82, 2.24) is 14.7 Å². The number of likely N-dealkylation sites (tertiary alicyclic amines) is 1. The van der Waals surface area contributed by atoms with Crippen LogP contribution in [0.15, 0.2) is 48.5 Å². The fraction of sp³-hybridized carbons (Fsp3) is 0.567. The maximum atomic E-state index is 13.2. The molecule has 2 aromatic rings. The van der Waals surface area contributed by atoms with E-state index in [0.717, 1.165) is 63.3 Å². The lowest BCUT2D eigenvalue weighted by atomic mass is 9.90. The summed E-state index contributed by atoms with van der Waals surface area (Å²) in [4.78, 5) is 19.1. The molecule has 42 heavy (non-hydrogen) atoms. The first-order valence-electron chi connectivity index (χ1n) is 14.0. The molecule has 2 fully saturated rings. The normalized spacial score (nSPS) is 19.8. The van der Waals surface area contributed by atoms with E-state index in [2.05, 4.69) is 9.80 Å². The summed E-state index contributed by atoms with van der Waals surface area (Å²) < 4.78 is 84.5. The fourth-order valence-electron chi connectivity index (χ4n) is 5.47. The van der Waals surface area contributed by atoms with Gasteiger partial charge in [0.25, 0.3) is 5.60 Å². The van der Waals surface area contributed by atoms with Gasteiger partial charge in [-0.2, -0.15) is 26.3 Å². The molecule has 6 nitrogen and oxygen atoms in total. The highest BCUT2D eigenvalue weighted by molar-refractivity contribution is 5.69. The lowest BCUT2D eigenvalue weighted by Crippen LogP contribution is -2.53. The summed E-state index contributed by atoms with van der Waals surface area (Å²) >= 11 is 0. The number of amides is 1. The van der Waals surface area contributed by atoms with Crippen molar-refractivity contribution in [3.8, 4) is 11.1 Å².